The number of hydrogen-bond donors (Lipinski definition) is 0. The first-order valence-electron chi connectivity index (χ1n) is 20.7. The van der Waals surface area contributed by atoms with Gasteiger partial charge in [0, 0.05) is 0 Å². The third kappa shape index (κ3) is 11.1. The van der Waals surface area contributed by atoms with Crippen LogP contribution in [0.25, 0.3) is 0 Å². The molecule has 1 aromatic heterocycles. The molecule has 0 aliphatic heterocycles. The standard InChI is InChI=1S/C13H3F17O4S3.6C4H9.2Sn/c1-36(31,32)4-2-35-3-5(4)37(33,34)13(29,30)11(24,25)9(20,21)7(16,17)6(14,15)8(18,19)10(22,23)12(26,27)28;6*1-3-4-2;;/h1H3;6*1,3-4H2,2H3;;. The molecule has 0 radical (unpaired) electrons. The summed E-state index contributed by atoms with van der Waals surface area (Å²) in [5.74, 6) is -52.5. The van der Waals surface area contributed by atoms with Crippen LogP contribution >= 0.6 is 11.3 Å². The van der Waals surface area contributed by atoms with Crippen molar-refractivity contribution >= 4 is 73.6 Å². The van der Waals surface area contributed by atoms with Crippen molar-refractivity contribution in [2.75, 3.05) is 6.26 Å². The van der Waals surface area contributed by atoms with Gasteiger partial charge in [-0.05, 0) is 0 Å². The van der Waals surface area contributed by atoms with E-state index in [1.54, 1.807) is 41.5 Å². The Labute approximate surface area is 370 Å². The first-order chi connectivity index (χ1) is 28.3. The number of rotatable bonds is 29. The Morgan fingerprint density at radius 1 is 0.397 bits per heavy atom. The maximum absolute atomic E-state index is 16.5. The Kier molecular flexibility index (Phi) is 21.1. The van der Waals surface area contributed by atoms with Crippen LogP contribution in [0.15, 0.2) is 9.79 Å². The molecule has 0 N–H and O–H groups in total. The van der Waals surface area contributed by atoms with Crippen LogP contribution in [0, 0.1) is 0 Å². The Morgan fingerprint density at radius 2 is 0.635 bits per heavy atom. The monoisotopic (exact) mass is 1220 g/mol. The van der Waals surface area contributed by atoms with Crippen LogP contribution in [0.4, 0.5) is 74.6 Å². The van der Waals surface area contributed by atoms with E-state index in [4.69, 9.17) is 0 Å². The minimum atomic E-state index is -9.00. The zero-order valence-corrected chi connectivity index (χ0v) is 44.2. The molecule has 0 amide bonds. The van der Waals surface area contributed by atoms with Crippen LogP contribution in [0.1, 0.15) is 119 Å². The van der Waals surface area contributed by atoms with Gasteiger partial charge in [-0.2, -0.15) is 0 Å². The molecule has 0 atom stereocenters. The normalized spacial score (nSPS) is 15.1. The van der Waals surface area contributed by atoms with E-state index < -0.39 is 116 Å². The fourth-order valence-corrected chi connectivity index (χ4v) is 60.2. The van der Waals surface area contributed by atoms with Gasteiger partial charge in [0.2, 0.25) is 0 Å². The van der Waals surface area contributed by atoms with Gasteiger partial charge in [0.05, 0.1) is 0 Å². The predicted molar refractivity (Wildman–Crippen MR) is 214 cm³/mol. The SMILES string of the molecule is CCC[CH2][Sn]([CH2]CCC)([CH2]CCC)[c]1s[c]([Sn]([CH2]CCC)([CH2]CCC)[CH2]CCC)c(S(=O)(=O)C(F)(F)C(F)(F)C(F)(F)C(F)(F)C(F)(F)C(F)(F)C(F)(F)C(F)(F)F)c1S(C)(=O)=O. The zero-order chi connectivity index (χ0) is 49.7. The van der Waals surface area contributed by atoms with Gasteiger partial charge >= 0.3 is 373 Å². The summed E-state index contributed by atoms with van der Waals surface area (Å²) in [6, 6.07) is 0. The van der Waals surface area contributed by atoms with E-state index in [0.717, 1.165) is 0 Å². The summed E-state index contributed by atoms with van der Waals surface area (Å²) < 4.78 is 305. The zero-order valence-electron chi connectivity index (χ0n) is 36.0. The van der Waals surface area contributed by atoms with E-state index >= 15 is 26.3 Å². The number of unbranched alkanes of at least 4 members (excludes halogenated alkanes) is 6. The number of alkyl halides is 17. The third-order valence-electron chi connectivity index (χ3n) is 11.5. The van der Waals surface area contributed by atoms with E-state index in [9.17, 15) is 65.1 Å². The van der Waals surface area contributed by atoms with E-state index in [1.807, 2.05) is 0 Å². The summed E-state index contributed by atoms with van der Waals surface area (Å²) in [6.07, 6.45) is -3.20. The van der Waals surface area contributed by atoms with Crippen molar-refractivity contribution in [1.29, 1.82) is 0 Å². The molecule has 0 spiro atoms. The molecule has 0 aliphatic carbocycles. The van der Waals surface area contributed by atoms with Crippen molar-refractivity contribution in [3.05, 3.63) is 0 Å². The summed E-state index contributed by atoms with van der Waals surface area (Å²) in [6.45, 7) is 10.3. The Morgan fingerprint density at radius 3 is 0.873 bits per heavy atom. The number of halogens is 17. The molecule has 1 rings (SSSR count). The third-order valence-corrected chi connectivity index (χ3v) is 53.7. The molecule has 374 valence electrons. The number of sulfone groups is 2. The van der Waals surface area contributed by atoms with Gasteiger partial charge in [0.15, 0.2) is 0 Å². The van der Waals surface area contributed by atoms with Crippen LogP contribution < -0.4 is 5.79 Å². The molecule has 0 unspecified atom stereocenters. The van der Waals surface area contributed by atoms with E-state index in [1.165, 1.54) is 0 Å². The van der Waals surface area contributed by atoms with Crippen LogP contribution in [0.3, 0.4) is 0 Å². The van der Waals surface area contributed by atoms with E-state index in [-0.39, 0.29) is 48.8 Å². The van der Waals surface area contributed by atoms with Gasteiger partial charge in [0.1, 0.15) is 0 Å². The molecular weight excluding hydrogens is 1160 g/mol. The molecular formula is C37H57F17O4S3Sn2. The van der Waals surface area contributed by atoms with Gasteiger partial charge in [0.25, 0.3) is 0 Å². The summed E-state index contributed by atoms with van der Waals surface area (Å²) in [7, 11) is -13.2. The summed E-state index contributed by atoms with van der Waals surface area (Å²) in [4.78, 5) is -3.52. The summed E-state index contributed by atoms with van der Waals surface area (Å²) in [5.41, 5.74) is 0. The predicted octanol–water partition coefficient (Wildman–Crippen LogP) is 14.0. The summed E-state index contributed by atoms with van der Waals surface area (Å²) in [5, 5.41) is -7.86. The Bertz CT molecular complexity index is 1820. The van der Waals surface area contributed by atoms with Gasteiger partial charge in [-0.25, -0.2) is 0 Å². The molecule has 0 aliphatic rings. The fraction of sp³-hybridized carbons (Fsp3) is 0.892. The van der Waals surface area contributed by atoms with Crippen LogP contribution in [-0.4, -0.2) is 107 Å². The first-order valence-corrected chi connectivity index (χ1v) is 39.8. The number of thiophene rings is 1. The minimum absolute atomic E-state index is 0.0587. The van der Waals surface area contributed by atoms with Crippen LogP contribution in [0.5, 0.6) is 0 Å². The molecule has 0 fully saturated rings. The van der Waals surface area contributed by atoms with Gasteiger partial charge in [-0.3, -0.25) is 0 Å². The second-order valence-electron chi connectivity index (χ2n) is 16.3. The van der Waals surface area contributed by atoms with Gasteiger partial charge < -0.3 is 0 Å². The Hall–Kier alpha value is 0.00740. The van der Waals surface area contributed by atoms with Crippen molar-refractivity contribution < 1.29 is 91.5 Å². The first kappa shape index (κ1) is 61.0. The average molecular weight is 1220 g/mol. The van der Waals surface area contributed by atoms with Crippen molar-refractivity contribution in [2.24, 2.45) is 0 Å². The topological polar surface area (TPSA) is 68.3 Å². The molecule has 0 saturated heterocycles. The van der Waals surface area contributed by atoms with Crippen molar-refractivity contribution in [3.8, 4) is 0 Å². The van der Waals surface area contributed by atoms with Crippen molar-refractivity contribution in [1.82, 2.24) is 0 Å². The molecule has 63 heavy (non-hydrogen) atoms. The molecule has 0 saturated carbocycles. The maximum atomic E-state index is 16.5. The average Bonchev–Trinajstić information content (AvgIpc) is 3.60. The molecule has 1 heterocycles. The molecule has 26 heteroatoms. The fourth-order valence-electron chi connectivity index (χ4n) is 7.65. The molecule has 1 aromatic rings. The number of hydrogen-bond acceptors (Lipinski definition) is 5. The van der Waals surface area contributed by atoms with Crippen LogP contribution in [-0.2, 0) is 19.7 Å². The second kappa shape index (κ2) is 21.8. The second-order valence-corrected chi connectivity index (χ2v) is 49.3. The van der Waals surface area contributed by atoms with Crippen molar-refractivity contribution in [2.45, 2.75) is 202 Å². The Balaban J connectivity index is 4.95. The quantitative estimate of drug-likeness (QED) is 0.0592. The molecule has 0 aromatic carbocycles. The van der Waals surface area contributed by atoms with Gasteiger partial charge in [-0.15, -0.1) is 0 Å². The van der Waals surface area contributed by atoms with Crippen LogP contribution in [0.2, 0.25) is 26.6 Å². The van der Waals surface area contributed by atoms with E-state index in [0.29, 0.717) is 75.4 Å². The summed E-state index contributed by atoms with van der Waals surface area (Å²) >= 11 is -9.09. The molecule has 0 bridgehead atoms. The van der Waals surface area contributed by atoms with Crippen molar-refractivity contribution in [3.63, 3.8) is 0 Å². The van der Waals surface area contributed by atoms with E-state index in [2.05, 4.69) is 0 Å². The van der Waals surface area contributed by atoms with Gasteiger partial charge in [-0.1, -0.05) is 0 Å². The molecule has 4 nitrogen and oxygen atoms in total.